The molecule has 4 aromatic rings. The van der Waals surface area contributed by atoms with Crippen LogP contribution in [-0.2, 0) is 11.8 Å². The van der Waals surface area contributed by atoms with E-state index in [9.17, 15) is 10.5 Å². The van der Waals surface area contributed by atoms with Crippen LogP contribution < -0.4 is 9.64 Å². The van der Waals surface area contributed by atoms with Gasteiger partial charge in [-0.3, -0.25) is 0 Å². The number of fused-ring (bicyclic) bond motifs is 3. The highest BCUT2D eigenvalue weighted by molar-refractivity contribution is 6.39. The number of aromatic nitrogens is 4. The zero-order valence-corrected chi connectivity index (χ0v) is 23.4. The summed E-state index contributed by atoms with van der Waals surface area (Å²) in [5.74, 6) is 1.42. The molecule has 3 saturated heterocycles. The second-order valence-corrected chi connectivity index (χ2v) is 11.8. The molecule has 2 bridgehead atoms. The summed E-state index contributed by atoms with van der Waals surface area (Å²) < 4.78 is 6.95. The maximum atomic E-state index is 9.74. The van der Waals surface area contributed by atoms with Crippen LogP contribution in [0.4, 0.5) is 5.82 Å². The summed E-state index contributed by atoms with van der Waals surface area (Å²) in [4.78, 5) is 13.6. The minimum Gasteiger partial charge on any atom is -0.481 e. The van der Waals surface area contributed by atoms with Crippen molar-refractivity contribution in [1.82, 2.24) is 24.5 Å². The molecule has 9 nitrogen and oxygen atoms in total. The van der Waals surface area contributed by atoms with Gasteiger partial charge in [0.2, 0.25) is 5.88 Å². The molecule has 4 aromatic heterocycles. The Balaban J connectivity index is 1.11. The van der Waals surface area contributed by atoms with Crippen LogP contribution in [-0.4, -0.2) is 72.5 Å². The highest BCUT2D eigenvalue weighted by atomic mass is 16.5. The predicted octanol–water partition coefficient (Wildman–Crippen LogP) is 3.32. The number of anilines is 1. The van der Waals surface area contributed by atoms with Crippen LogP contribution in [0.5, 0.6) is 5.88 Å². The van der Waals surface area contributed by atoms with E-state index in [4.69, 9.17) is 25.4 Å². The molecule has 4 fully saturated rings. The standard InChI is InChI=1S/C31H28B2N8O/c1-42-28-5-3-23(15-37-28)31(32,33)41-24-11-25(41)18-39(17-24)27-4-2-21(13-36-27)26-10-20(6-7-30(19-35)8-9-30)16-40-29(26)22(12-34)14-38-40/h2-5,10,13-16,24-25H,6-9,11,17-18H2,1H3. The van der Waals surface area contributed by atoms with Gasteiger partial charge < -0.3 is 14.5 Å². The molecule has 0 N–H and O–H groups in total. The monoisotopic (exact) mass is 550 g/mol. The number of rotatable bonds is 8. The number of hydrogen-bond acceptors (Lipinski definition) is 8. The minimum atomic E-state index is -1.12. The molecule has 0 spiro atoms. The van der Waals surface area contributed by atoms with Gasteiger partial charge in [-0.1, -0.05) is 6.07 Å². The van der Waals surface area contributed by atoms with Crippen molar-refractivity contribution in [1.29, 1.82) is 10.5 Å². The number of pyridine rings is 3. The fraction of sp³-hybridized carbons (Fsp3) is 0.387. The molecule has 8 rings (SSSR count). The molecule has 42 heavy (non-hydrogen) atoms. The lowest BCUT2D eigenvalue weighted by Gasteiger charge is -2.63. The highest BCUT2D eigenvalue weighted by Crippen LogP contribution is 2.49. The van der Waals surface area contributed by atoms with Crippen LogP contribution >= 0.6 is 0 Å². The minimum absolute atomic E-state index is 0.177. The summed E-state index contributed by atoms with van der Waals surface area (Å²) in [7, 11) is 14.9. The number of piperazine rings is 1. The molecular formula is C31H28B2N8O. The maximum Gasteiger partial charge on any atom is 0.212 e. The summed E-state index contributed by atoms with van der Waals surface area (Å²) in [6.45, 7) is 1.54. The zero-order chi connectivity index (χ0) is 29.1. The molecule has 1 aliphatic carbocycles. The third-order valence-corrected chi connectivity index (χ3v) is 9.18. The summed E-state index contributed by atoms with van der Waals surface area (Å²) in [6.07, 6.45) is 11.7. The highest BCUT2D eigenvalue weighted by Gasteiger charge is 2.50. The Hall–Kier alpha value is -4.34. The van der Waals surface area contributed by atoms with E-state index in [-0.39, 0.29) is 17.5 Å². The maximum absolute atomic E-state index is 9.74. The lowest BCUT2D eigenvalue weighted by Crippen LogP contribution is -2.74. The van der Waals surface area contributed by atoms with Crippen molar-refractivity contribution in [3.05, 3.63) is 71.8 Å². The van der Waals surface area contributed by atoms with Gasteiger partial charge in [0, 0.05) is 61.0 Å². The number of aryl methyl sites for hydroxylation is 1. The number of hydrogen-bond donors (Lipinski definition) is 0. The SMILES string of the molecule is [B]C([B])(c1ccc(OC)nc1)N1C2CC1CN(c1ccc(-c3cc(CCC4(C#N)CC4)cn4ncc(C#N)c34)cn1)C2. The summed E-state index contributed by atoms with van der Waals surface area (Å²) >= 11 is 0. The van der Waals surface area contributed by atoms with Crippen LogP contribution in [0.1, 0.15) is 42.4 Å². The van der Waals surface area contributed by atoms with Gasteiger partial charge in [0.25, 0.3) is 0 Å². The quantitative estimate of drug-likeness (QED) is 0.308. The van der Waals surface area contributed by atoms with E-state index in [1.165, 1.54) is 0 Å². The van der Waals surface area contributed by atoms with Crippen LogP contribution in [0, 0.1) is 28.1 Å². The Bertz CT molecular complexity index is 1720. The Kier molecular flexibility index (Phi) is 6.25. The van der Waals surface area contributed by atoms with Gasteiger partial charge in [0.05, 0.1) is 51.6 Å². The van der Waals surface area contributed by atoms with E-state index in [1.807, 2.05) is 24.5 Å². The molecule has 11 heteroatoms. The van der Waals surface area contributed by atoms with Crippen molar-refractivity contribution >= 4 is 27.0 Å². The average molecular weight is 550 g/mol. The van der Waals surface area contributed by atoms with Gasteiger partial charge in [-0.15, -0.1) is 0 Å². The lowest BCUT2D eigenvalue weighted by molar-refractivity contribution is -0.0304. The van der Waals surface area contributed by atoms with Crippen LogP contribution in [0.2, 0.25) is 0 Å². The topological polar surface area (TPSA) is 106 Å². The van der Waals surface area contributed by atoms with E-state index in [0.717, 1.165) is 78.8 Å². The molecule has 4 aliphatic rings. The smallest absolute Gasteiger partial charge is 0.212 e. The number of piperidine rings is 1. The van der Waals surface area contributed by atoms with Crippen LogP contribution in [0.15, 0.2) is 55.1 Å². The number of nitriles is 2. The first-order chi connectivity index (χ1) is 20.3. The molecule has 3 aliphatic heterocycles. The van der Waals surface area contributed by atoms with E-state index in [0.29, 0.717) is 11.4 Å². The molecule has 0 aromatic carbocycles. The third-order valence-electron chi connectivity index (χ3n) is 9.18. The predicted molar refractivity (Wildman–Crippen MR) is 159 cm³/mol. The van der Waals surface area contributed by atoms with Gasteiger partial charge in [0.1, 0.15) is 11.9 Å². The summed E-state index contributed by atoms with van der Waals surface area (Å²) in [5, 5.41) is 22.6. The van der Waals surface area contributed by atoms with E-state index < -0.39 is 5.34 Å². The van der Waals surface area contributed by atoms with Crippen molar-refractivity contribution in [2.45, 2.75) is 49.5 Å². The summed E-state index contributed by atoms with van der Waals surface area (Å²) in [6, 6.07) is 15.0. The molecular weight excluding hydrogens is 522 g/mol. The molecule has 4 radical (unpaired) electrons. The fourth-order valence-electron chi connectivity index (χ4n) is 6.59. The normalized spacial score (nSPS) is 20.9. The van der Waals surface area contributed by atoms with Crippen molar-refractivity contribution in [2.24, 2.45) is 5.41 Å². The Morgan fingerprint density at radius 2 is 1.88 bits per heavy atom. The first-order valence-corrected chi connectivity index (χ1v) is 14.2. The first-order valence-electron chi connectivity index (χ1n) is 14.2. The third kappa shape index (κ3) is 4.40. The average Bonchev–Trinajstić information content (AvgIpc) is 3.69. The Morgan fingerprint density at radius 1 is 1.07 bits per heavy atom. The van der Waals surface area contributed by atoms with Crippen molar-refractivity contribution in [3.63, 3.8) is 0 Å². The van der Waals surface area contributed by atoms with Crippen LogP contribution in [0.25, 0.3) is 16.6 Å². The van der Waals surface area contributed by atoms with Gasteiger partial charge in [-0.2, -0.15) is 15.6 Å². The van der Waals surface area contributed by atoms with Crippen molar-refractivity contribution < 1.29 is 4.74 Å². The van der Waals surface area contributed by atoms with Crippen LogP contribution in [0.3, 0.4) is 0 Å². The number of ether oxygens (including phenoxy) is 1. The van der Waals surface area contributed by atoms with E-state index in [2.05, 4.69) is 44.2 Å². The zero-order valence-electron chi connectivity index (χ0n) is 23.4. The molecule has 7 heterocycles. The van der Waals surface area contributed by atoms with Gasteiger partial charge in [-0.05, 0) is 66.8 Å². The fourth-order valence-corrected chi connectivity index (χ4v) is 6.59. The Morgan fingerprint density at radius 3 is 2.50 bits per heavy atom. The first kappa shape index (κ1) is 26.6. The second-order valence-electron chi connectivity index (χ2n) is 11.8. The number of methoxy groups -OCH3 is 1. The molecule has 2 unspecified atom stereocenters. The van der Waals surface area contributed by atoms with Gasteiger partial charge in [0.15, 0.2) is 0 Å². The van der Waals surface area contributed by atoms with E-state index in [1.54, 1.807) is 30.1 Å². The lowest BCUT2D eigenvalue weighted by atomic mass is 9.54. The van der Waals surface area contributed by atoms with Crippen molar-refractivity contribution in [2.75, 3.05) is 25.1 Å². The number of nitrogens with zero attached hydrogens (tertiary/aromatic N) is 8. The van der Waals surface area contributed by atoms with Gasteiger partial charge >= 0.3 is 0 Å². The Labute approximate surface area is 247 Å². The van der Waals surface area contributed by atoms with Gasteiger partial charge in [-0.25, -0.2) is 14.5 Å². The molecule has 0 amide bonds. The van der Waals surface area contributed by atoms with E-state index >= 15 is 0 Å². The van der Waals surface area contributed by atoms with Crippen molar-refractivity contribution in [3.8, 4) is 29.1 Å². The molecule has 204 valence electrons. The molecule has 2 atom stereocenters. The largest absolute Gasteiger partial charge is 0.481 e. The second kappa shape index (κ2) is 9.89. The molecule has 1 saturated carbocycles. The summed E-state index contributed by atoms with van der Waals surface area (Å²) in [5.41, 5.74) is 4.78.